The fraction of sp³-hybridized carbons (Fsp3) is 0.320. The van der Waals surface area contributed by atoms with Crippen molar-refractivity contribution in [2.45, 2.75) is 57.5 Å². The number of aromatic nitrogens is 4. The number of benzene rings is 2. The Bertz CT molecular complexity index is 1140. The minimum atomic E-state index is 0.115. The summed E-state index contributed by atoms with van der Waals surface area (Å²) in [6.45, 7) is 11.3. The maximum Gasteiger partial charge on any atom is 0.205 e. The third kappa shape index (κ3) is 4.90. The van der Waals surface area contributed by atoms with Crippen LogP contribution in [0.4, 0.5) is 0 Å². The third-order valence-corrected chi connectivity index (χ3v) is 6.26. The number of hydrogen-bond acceptors (Lipinski definition) is 5. The van der Waals surface area contributed by atoms with Gasteiger partial charge in [0.1, 0.15) is 5.76 Å². The fourth-order valence-corrected chi connectivity index (χ4v) is 4.15. The van der Waals surface area contributed by atoms with Crippen LogP contribution in [0.15, 0.2) is 64.2 Å². The summed E-state index contributed by atoms with van der Waals surface area (Å²) in [5.41, 5.74) is 4.62. The third-order valence-electron chi connectivity index (χ3n) is 5.31. The van der Waals surface area contributed by atoms with E-state index in [2.05, 4.69) is 89.1 Å². The summed E-state index contributed by atoms with van der Waals surface area (Å²) in [5, 5.41) is 9.92. The van der Waals surface area contributed by atoms with Crippen molar-refractivity contribution in [3.8, 4) is 11.4 Å². The van der Waals surface area contributed by atoms with Crippen molar-refractivity contribution in [3.05, 3.63) is 83.1 Å². The molecule has 2 aromatic carbocycles. The van der Waals surface area contributed by atoms with E-state index in [9.17, 15) is 0 Å². The molecule has 4 aromatic rings. The SMILES string of the molecule is Cc1nc(CSc2nnc(-c3ccc(C(C)(C)C)cc3)n2Cc2ccccc2)oc1C. The van der Waals surface area contributed by atoms with Crippen molar-refractivity contribution in [3.63, 3.8) is 0 Å². The van der Waals surface area contributed by atoms with Gasteiger partial charge in [-0.25, -0.2) is 4.98 Å². The summed E-state index contributed by atoms with van der Waals surface area (Å²) in [6, 6.07) is 19.0. The van der Waals surface area contributed by atoms with Crippen molar-refractivity contribution in [1.82, 2.24) is 19.7 Å². The molecule has 0 saturated carbocycles. The first kappa shape index (κ1) is 21.4. The molecule has 0 atom stereocenters. The lowest BCUT2D eigenvalue weighted by Gasteiger charge is -2.19. The summed E-state index contributed by atoms with van der Waals surface area (Å²) in [4.78, 5) is 4.49. The number of oxazole rings is 1. The van der Waals surface area contributed by atoms with Crippen molar-refractivity contribution < 1.29 is 4.42 Å². The van der Waals surface area contributed by atoms with Crippen LogP contribution in [-0.4, -0.2) is 19.7 Å². The molecule has 160 valence electrons. The highest BCUT2D eigenvalue weighted by atomic mass is 32.2. The molecule has 0 aliphatic carbocycles. The highest BCUT2D eigenvalue weighted by Crippen LogP contribution is 2.29. The second-order valence-electron chi connectivity index (χ2n) is 8.74. The zero-order valence-electron chi connectivity index (χ0n) is 18.7. The number of hydrogen-bond donors (Lipinski definition) is 0. The Labute approximate surface area is 187 Å². The van der Waals surface area contributed by atoms with E-state index in [1.807, 2.05) is 19.9 Å². The summed E-state index contributed by atoms with van der Waals surface area (Å²) in [7, 11) is 0. The van der Waals surface area contributed by atoms with E-state index in [0.717, 1.165) is 28.0 Å². The van der Waals surface area contributed by atoms with E-state index in [0.29, 0.717) is 18.2 Å². The van der Waals surface area contributed by atoms with Crippen LogP contribution >= 0.6 is 11.8 Å². The van der Waals surface area contributed by atoms with Crippen molar-refractivity contribution in [1.29, 1.82) is 0 Å². The molecule has 0 amide bonds. The largest absolute Gasteiger partial charge is 0.445 e. The van der Waals surface area contributed by atoms with E-state index in [4.69, 9.17) is 4.42 Å². The lowest BCUT2D eigenvalue weighted by Crippen LogP contribution is -2.10. The molecular weight excluding hydrogens is 404 g/mol. The molecular formula is C25H28N4OS. The molecule has 0 aliphatic heterocycles. The lowest BCUT2D eigenvalue weighted by molar-refractivity contribution is 0.489. The van der Waals surface area contributed by atoms with Crippen molar-refractivity contribution >= 4 is 11.8 Å². The molecule has 0 spiro atoms. The Balaban J connectivity index is 1.66. The first-order valence-corrected chi connectivity index (χ1v) is 11.4. The van der Waals surface area contributed by atoms with Crippen LogP contribution in [0.2, 0.25) is 0 Å². The highest BCUT2D eigenvalue weighted by molar-refractivity contribution is 7.98. The van der Waals surface area contributed by atoms with Gasteiger partial charge in [-0.15, -0.1) is 10.2 Å². The molecule has 0 unspecified atom stereocenters. The quantitative estimate of drug-likeness (QED) is 0.340. The maximum absolute atomic E-state index is 5.74. The predicted molar refractivity (Wildman–Crippen MR) is 125 cm³/mol. The van der Waals surface area contributed by atoms with Crippen LogP contribution < -0.4 is 0 Å². The van der Waals surface area contributed by atoms with E-state index in [1.54, 1.807) is 11.8 Å². The van der Waals surface area contributed by atoms with Crippen molar-refractivity contribution in [2.24, 2.45) is 0 Å². The molecule has 0 fully saturated rings. The fourth-order valence-electron chi connectivity index (χ4n) is 3.36. The number of rotatable bonds is 6. The standard InChI is InChI=1S/C25H28N4OS/c1-17-18(2)30-22(26-17)16-31-24-28-27-23(29(24)15-19-9-7-6-8-10-19)20-11-13-21(14-12-20)25(3,4)5/h6-14H,15-16H2,1-5H3. The highest BCUT2D eigenvalue weighted by Gasteiger charge is 2.18. The molecule has 0 aliphatic rings. The second-order valence-corrected chi connectivity index (χ2v) is 9.69. The minimum Gasteiger partial charge on any atom is -0.445 e. The molecule has 0 bridgehead atoms. The molecule has 2 heterocycles. The molecule has 0 saturated heterocycles. The topological polar surface area (TPSA) is 56.7 Å². The van der Waals surface area contributed by atoms with Crippen LogP contribution in [0.3, 0.4) is 0 Å². The average Bonchev–Trinajstić information content (AvgIpc) is 3.29. The number of aryl methyl sites for hydroxylation is 2. The summed E-state index contributed by atoms with van der Waals surface area (Å²) >= 11 is 1.60. The van der Waals surface area contributed by atoms with E-state index >= 15 is 0 Å². The van der Waals surface area contributed by atoms with Gasteiger partial charge >= 0.3 is 0 Å². The molecule has 5 nitrogen and oxygen atoms in total. The van der Waals surface area contributed by atoms with Gasteiger partial charge in [0.25, 0.3) is 0 Å². The normalized spacial score (nSPS) is 11.8. The van der Waals surface area contributed by atoms with Gasteiger partial charge in [0.2, 0.25) is 5.89 Å². The van der Waals surface area contributed by atoms with Gasteiger partial charge in [0.05, 0.1) is 18.0 Å². The van der Waals surface area contributed by atoms with Crippen LogP contribution in [0.25, 0.3) is 11.4 Å². The van der Waals surface area contributed by atoms with Crippen LogP contribution in [0, 0.1) is 13.8 Å². The average molecular weight is 433 g/mol. The van der Waals surface area contributed by atoms with Crippen LogP contribution in [-0.2, 0) is 17.7 Å². The van der Waals surface area contributed by atoms with Gasteiger partial charge in [-0.05, 0) is 30.4 Å². The van der Waals surface area contributed by atoms with Gasteiger partial charge in [-0.1, -0.05) is 87.1 Å². The minimum absolute atomic E-state index is 0.115. The summed E-state index contributed by atoms with van der Waals surface area (Å²) in [6.07, 6.45) is 0. The summed E-state index contributed by atoms with van der Waals surface area (Å²) < 4.78 is 7.92. The van der Waals surface area contributed by atoms with Gasteiger partial charge in [-0.2, -0.15) is 0 Å². The zero-order chi connectivity index (χ0) is 22.0. The Morgan fingerprint density at radius 1 is 0.935 bits per heavy atom. The monoisotopic (exact) mass is 432 g/mol. The summed E-state index contributed by atoms with van der Waals surface area (Å²) in [5.74, 6) is 3.06. The maximum atomic E-state index is 5.74. The van der Waals surface area contributed by atoms with Crippen molar-refractivity contribution in [2.75, 3.05) is 0 Å². The molecule has 6 heteroatoms. The lowest BCUT2D eigenvalue weighted by atomic mass is 9.87. The van der Waals surface area contributed by atoms with Crippen LogP contribution in [0.1, 0.15) is 49.2 Å². The Kier molecular flexibility index (Phi) is 6.01. The molecule has 31 heavy (non-hydrogen) atoms. The second kappa shape index (κ2) is 8.71. The number of nitrogens with zero attached hydrogens (tertiary/aromatic N) is 4. The van der Waals surface area contributed by atoms with E-state index in [-0.39, 0.29) is 5.41 Å². The van der Waals surface area contributed by atoms with Gasteiger partial charge in [0, 0.05) is 5.56 Å². The molecule has 4 rings (SSSR count). The Morgan fingerprint density at radius 2 is 1.65 bits per heavy atom. The molecule has 0 radical (unpaired) electrons. The zero-order valence-corrected chi connectivity index (χ0v) is 19.5. The van der Waals surface area contributed by atoms with Crippen LogP contribution in [0.5, 0.6) is 0 Å². The molecule has 0 N–H and O–H groups in total. The first-order valence-electron chi connectivity index (χ1n) is 10.4. The van der Waals surface area contributed by atoms with Gasteiger partial charge in [-0.3, -0.25) is 4.57 Å². The van der Waals surface area contributed by atoms with E-state index < -0.39 is 0 Å². The van der Waals surface area contributed by atoms with E-state index in [1.165, 1.54) is 11.1 Å². The smallest absolute Gasteiger partial charge is 0.205 e. The predicted octanol–water partition coefficient (Wildman–Crippen LogP) is 6.19. The number of thioether (sulfide) groups is 1. The van der Waals surface area contributed by atoms with Gasteiger partial charge in [0.15, 0.2) is 11.0 Å². The Morgan fingerprint density at radius 3 is 2.26 bits per heavy atom. The van der Waals surface area contributed by atoms with Gasteiger partial charge < -0.3 is 4.42 Å². The molecule has 2 aromatic heterocycles. The first-order chi connectivity index (χ1) is 14.8. The Hall–Kier alpha value is -2.86.